The van der Waals surface area contributed by atoms with E-state index in [2.05, 4.69) is 15.3 Å². The fourth-order valence-electron chi connectivity index (χ4n) is 1.32. The second kappa shape index (κ2) is 5.07. The predicted octanol–water partition coefficient (Wildman–Crippen LogP) is 1.74. The molecule has 0 saturated carbocycles. The van der Waals surface area contributed by atoms with Gasteiger partial charge in [0, 0.05) is 11.8 Å². The molecule has 1 amide bonds. The lowest BCUT2D eigenvalue weighted by Gasteiger charge is -2.05. The van der Waals surface area contributed by atoms with Crippen molar-refractivity contribution in [3.05, 3.63) is 48.4 Å². The molecule has 0 atom stereocenters. The molecule has 86 valence electrons. The number of carbonyl (C=O) groups excluding carboxylic acids is 1. The Morgan fingerprint density at radius 3 is 2.94 bits per heavy atom. The molecule has 0 spiro atoms. The molecule has 5 nitrogen and oxygen atoms in total. The highest BCUT2D eigenvalue weighted by molar-refractivity contribution is 6.03. The number of aromatic nitrogens is 2. The van der Waals surface area contributed by atoms with Crippen molar-refractivity contribution in [2.45, 2.75) is 0 Å². The molecular formula is C12H11N3O2. The summed E-state index contributed by atoms with van der Waals surface area (Å²) in [6.07, 6.45) is 2.94. The van der Waals surface area contributed by atoms with Crippen LogP contribution in [-0.2, 0) is 0 Å². The lowest BCUT2D eigenvalue weighted by molar-refractivity contribution is 0.102. The van der Waals surface area contributed by atoms with Crippen molar-refractivity contribution in [2.75, 3.05) is 12.4 Å². The van der Waals surface area contributed by atoms with Crippen LogP contribution in [0, 0.1) is 0 Å². The number of amides is 1. The van der Waals surface area contributed by atoms with Crippen LogP contribution < -0.4 is 10.1 Å². The minimum Gasteiger partial charge on any atom is -0.497 e. The molecule has 0 bridgehead atoms. The maximum Gasteiger partial charge on any atom is 0.256 e. The van der Waals surface area contributed by atoms with Gasteiger partial charge in [0.15, 0.2) is 0 Å². The second-order valence-corrected chi connectivity index (χ2v) is 3.28. The molecule has 1 aromatic heterocycles. The number of carbonyl (C=O) groups is 1. The first-order valence-electron chi connectivity index (χ1n) is 5.01. The van der Waals surface area contributed by atoms with E-state index in [1.165, 1.54) is 6.33 Å². The van der Waals surface area contributed by atoms with Crippen LogP contribution in [0.1, 0.15) is 10.4 Å². The van der Waals surface area contributed by atoms with Crippen molar-refractivity contribution in [1.82, 2.24) is 9.97 Å². The predicted molar refractivity (Wildman–Crippen MR) is 63.0 cm³/mol. The molecular weight excluding hydrogens is 218 g/mol. The highest BCUT2D eigenvalue weighted by atomic mass is 16.5. The van der Waals surface area contributed by atoms with E-state index in [1.54, 1.807) is 43.6 Å². The largest absolute Gasteiger partial charge is 0.497 e. The molecule has 0 unspecified atom stereocenters. The highest BCUT2D eigenvalue weighted by Crippen LogP contribution is 2.13. The standard InChI is InChI=1S/C12H11N3O2/c1-17-10-4-2-3-9(7-10)12(16)15-11-5-6-13-8-14-11/h2-8H,1H3,(H,13,14,15,16). The van der Waals surface area contributed by atoms with Crippen molar-refractivity contribution in [2.24, 2.45) is 0 Å². The number of methoxy groups -OCH3 is 1. The van der Waals surface area contributed by atoms with Crippen molar-refractivity contribution in [3.8, 4) is 5.75 Å². The van der Waals surface area contributed by atoms with Gasteiger partial charge in [-0.2, -0.15) is 0 Å². The van der Waals surface area contributed by atoms with Gasteiger partial charge in [0.05, 0.1) is 7.11 Å². The third-order valence-corrected chi connectivity index (χ3v) is 2.16. The summed E-state index contributed by atoms with van der Waals surface area (Å²) < 4.78 is 5.05. The maximum atomic E-state index is 11.9. The quantitative estimate of drug-likeness (QED) is 0.870. The number of benzene rings is 1. The minimum absolute atomic E-state index is 0.234. The highest BCUT2D eigenvalue weighted by Gasteiger charge is 2.07. The molecule has 1 aromatic carbocycles. The maximum absolute atomic E-state index is 11.9. The first-order valence-corrected chi connectivity index (χ1v) is 5.01. The first kappa shape index (κ1) is 11.1. The summed E-state index contributed by atoms with van der Waals surface area (Å²) in [5.74, 6) is 0.871. The Kier molecular flexibility index (Phi) is 3.30. The van der Waals surface area contributed by atoms with E-state index in [9.17, 15) is 4.79 Å². The summed E-state index contributed by atoms with van der Waals surface area (Å²) in [7, 11) is 1.56. The summed E-state index contributed by atoms with van der Waals surface area (Å²) >= 11 is 0. The van der Waals surface area contributed by atoms with Gasteiger partial charge in [-0.25, -0.2) is 9.97 Å². The Morgan fingerprint density at radius 1 is 1.35 bits per heavy atom. The number of anilines is 1. The first-order chi connectivity index (χ1) is 8.29. The average molecular weight is 229 g/mol. The molecule has 5 heteroatoms. The lowest BCUT2D eigenvalue weighted by Crippen LogP contribution is -2.12. The van der Waals surface area contributed by atoms with Gasteiger partial charge in [0.1, 0.15) is 17.9 Å². The number of nitrogens with one attached hydrogen (secondary N) is 1. The molecule has 0 radical (unpaired) electrons. The van der Waals surface area contributed by atoms with E-state index in [4.69, 9.17) is 4.74 Å². The van der Waals surface area contributed by atoms with Crippen molar-refractivity contribution >= 4 is 11.7 Å². The Labute approximate surface area is 98.5 Å². The SMILES string of the molecule is COc1cccc(C(=O)Nc2ccncn2)c1. The van der Waals surface area contributed by atoms with Crippen LogP contribution in [0.25, 0.3) is 0 Å². The van der Waals surface area contributed by atoms with Crippen LogP contribution in [-0.4, -0.2) is 23.0 Å². The molecule has 0 saturated heterocycles. The van der Waals surface area contributed by atoms with Crippen molar-refractivity contribution in [1.29, 1.82) is 0 Å². The molecule has 0 aliphatic carbocycles. The van der Waals surface area contributed by atoms with E-state index in [0.717, 1.165) is 0 Å². The van der Waals surface area contributed by atoms with Gasteiger partial charge in [0.2, 0.25) is 0 Å². The Bertz CT molecular complexity index is 514. The third kappa shape index (κ3) is 2.78. The van der Waals surface area contributed by atoms with Gasteiger partial charge >= 0.3 is 0 Å². The number of hydrogen-bond acceptors (Lipinski definition) is 4. The zero-order valence-corrected chi connectivity index (χ0v) is 9.25. The molecule has 17 heavy (non-hydrogen) atoms. The normalized spacial score (nSPS) is 9.71. The fourth-order valence-corrected chi connectivity index (χ4v) is 1.32. The second-order valence-electron chi connectivity index (χ2n) is 3.28. The smallest absolute Gasteiger partial charge is 0.256 e. The van der Waals surface area contributed by atoms with Crippen LogP contribution >= 0.6 is 0 Å². The van der Waals surface area contributed by atoms with Gasteiger partial charge in [0.25, 0.3) is 5.91 Å². The third-order valence-electron chi connectivity index (χ3n) is 2.16. The van der Waals surface area contributed by atoms with Crippen LogP contribution in [0.2, 0.25) is 0 Å². The number of ether oxygens (including phenoxy) is 1. The summed E-state index contributed by atoms with van der Waals surface area (Å²) in [6, 6.07) is 8.53. The van der Waals surface area contributed by atoms with Crippen LogP contribution in [0.5, 0.6) is 5.75 Å². The van der Waals surface area contributed by atoms with Gasteiger partial charge in [-0.3, -0.25) is 4.79 Å². The van der Waals surface area contributed by atoms with E-state index in [1.807, 2.05) is 0 Å². The minimum atomic E-state index is -0.234. The molecule has 0 aliphatic rings. The number of nitrogens with zero attached hydrogens (tertiary/aromatic N) is 2. The monoisotopic (exact) mass is 229 g/mol. The summed E-state index contributed by atoms with van der Waals surface area (Å²) in [6.45, 7) is 0. The van der Waals surface area contributed by atoms with Gasteiger partial charge in [-0.15, -0.1) is 0 Å². The number of rotatable bonds is 3. The van der Waals surface area contributed by atoms with Crippen LogP contribution in [0.3, 0.4) is 0 Å². The van der Waals surface area contributed by atoms with E-state index in [0.29, 0.717) is 17.1 Å². The van der Waals surface area contributed by atoms with Gasteiger partial charge in [-0.1, -0.05) is 6.07 Å². The van der Waals surface area contributed by atoms with Crippen LogP contribution in [0.4, 0.5) is 5.82 Å². The molecule has 0 fully saturated rings. The van der Waals surface area contributed by atoms with E-state index in [-0.39, 0.29) is 5.91 Å². The van der Waals surface area contributed by atoms with Crippen LogP contribution in [0.15, 0.2) is 42.9 Å². The Hall–Kier alpha value is -2.43. The van der Waals surface area contributed by atoms with Gasteiger partial charge < -0.3 is 10.1 Å². The van der Waals surface area contributed by atoms with E-state index < -0.39 is 0 Å². The summed E-state index contributed by atoms with van der Waals surface area (Å²) in [5.41, 5.74) is 0.517. The lowest BCUT2D eigenvalue weighted by atomic mass is 10.2. The van der Waals surface area contributed by atoms with Gasteiger partial charge in [-0.05, 0) is 24.3 Å². The molecule has 1 N–H and O–H groups in total. The number of hydrogen-bond donors (Lipinski definition) is 1. The Balaban J connectivity index is 2.14. The fraction of sp³-hybridized carbons (Fsp3) is 0.0833. The molecule has 0 aliphatic heterocycles. The average Bonchev–Trinajstić information content (AvgIpc) is 2.40. The zero-order chi connectivity index (χ0) is 12.1. The van der Waals surface area contributed by atoms with Crippen molar-refractivity contribution in [3.63, 3.8) is 0 Å². The summed E-state index contributed by atoms with van der Waals surface area (Å²) in [5, 5.41) is 2.66. The van der Waals surface area contributed by atoms with Crippen molar-refractivity contribution < 1.29 is 9.53 Å². The molecule has 1 heterocycles. The topological polar surface area (TPSA) is 64.1 Å². The molecule has 2 rings (SSSR count). The van der Waals surface area contributed by atoms with E-state index >= 15 is 0 Å². The molecule has 2 aromatic rings. The zero-order valence-electron chi connectivity index (χ0n) is 9.25. The summed E-state index contributed by atoms with van der Waals surface area (Å²) in [4.78, 5) is 19.5. The Morgan fingerprint density at radius 2 is 2.24 bits per heavy atom.